The Morgan fingerprint density at radius 1 is 1.00 bits per heavy atom. The highest BCUT2D eigenvalue weighted by Gasteiger charge is 2.17. The molecule has 9 heteroatoms. The first kappa shape index (κ1) is 19.8. The van der Waals surface area contributed by atoms with Crippen molar-refractivity contribution in [3.05, 3.63) is 0 Å². The molecule has 0 fully saturated rings. The highest BCUT2D eigenvalue weighted by molar-refractivity contribution is 5.89. The summed E-state index contributed by atoms with van der Waals surface area (Å²) in [6.07, 6.45) is 1.89. The summed E-state index contributed by atoms with van der Waals surface area (Å²) in [6, 6.07) is -0.789. The maximum absolute atomic E-state index is 11.6. The molecule has 22 heavy (non-hydrogen) atoms. The van der Waals surface area contributed by atoms with Crippen LogP contribution >= 0.6 is 0 Å². The second-order valence-electron chi connectivity index (χ2n) is 4.83. The summed E-state index contributed by atoms with van der Waals surface area (Å²) in [5, 5.41) is 13.2. The summed E-state index contributed by atoms with van der Waals surface area (Å²) >= 11 is 0. The first-order chi connectivity index (χ1) is 10.4. The molecule has 0 saturated carbocycles. The van der Waals surface area contributed by atoms with Crippen molar-refractivity contribution in [1.29, 1.82) is 0 Å². The second kappa shape index (κ2) is 11.5. The molecule has 0 spiro atoms. The van der Waals surface area contributed by atoms with Gasteiger partial charge >= 0.3 is 5.97 Å². The van der Waals surface area contributed by atoms with Crippen molar-refractivity contribution in [1.82, 2.24) is 10.6 Å². The number of carbonyl (C=O) groups is 4. The van der Waals surface area contributed by atoms with Crippen molar-refractivity contribution in [3.8, 4) is 0 Å². The molecule has 0 aromatic rings. The van der Waals surface area contributed by atoms with Crippen LogP contribution in [0.1, 0.15) is 38.5 Å². The van der Waals surface area contributed by atoms with E-state index in [0.717, 1.165) is 6.42 Å². The van der Waals surface area contributed by atoms with Crippen molar-refractivity contribution in [2.45, 2.75) is 44.6 Å². The van der Waals surface area contributed by atoms with E-state index < -0.39 is 29.7 Å². The van der Waals surface area contributed by atoms with Crippen molar-refractivity contribution in [2.24, 2.45) is 11.5 Å². The van der Waals surface area contributed by atoms with Gasteiger partial charge in [0.2, 0.25) is 17.7 Å². The van der Waals surface area contributed by atoms with Crippen molar-refractivity contribution < 1.29 is 24.3 Å². The molecule has 1 atom stereocenters. The Kier molecular flexibility index (Phi) is 10.4. The Balaban J connectivity index is 4.00. The summed E-state index contributed by atoms with van der Waals surface area (Å²) < 4.78 is 0. The van der Waals surface area contributed by atoms with Crippen LogP contribution in [0.25, 0.3) is 0 Å². The Morgan fingerprint density at radius 2 is 1.68 bits per heavy atom. The van der Waals surface area contributed by atoms with Gasteiger partial charge in [0.25, 0.3) is 0 Å². The number of hydrogen-bond acceptors (Lipinski definition) is 5. The number of rotatable bonds is 12. The smallest absolute Gasteiger partial charge is 0.303 e. The molecule has 7 N–H and O–H groups in total. The summed E-state index contributed by atoms with van der Waals surface area (Å²) in [6.45, 7) is 0.207. The predicted molar refractivity (Wildman–Crippen MR) is 78.5 cm³/mol. The first-order valence-electron chi connectivity index (χ1n) is 7.14. The van der Waals surface area contributed by atoms with Gasteiger partial charge < -0.3 is 27.2 Å². The Bertz CT molecular complexity index is 400. The van der Waals surface area contributed by atoms with E-state index in [1.54, 1.807) is 0 Å². The summed E-state index contributed by atoms with van der Waals surface area (Å²) in [5.41, 5.74) is 10.5. The van der Waals surface area contributed by atoms with Crippen molar-refractivity contribution in [3.63, 3.8) is 0 Å². The lowest BCUT2D eigenvalue weighted by Gasteiger charge is -2.15. The van der Waals surface area contributed by atoms with Gasteiger partial charge in [0.1, 0.15) is 6.04 Å². The molecule has 0 aliphatic carbocycles. The Labute approximate surface area is 128 Å². The molecule has 0 rings (SSSR count). The van der Waals surface area contributed by atoms with E-state index in [-0.39, 0.29) is 25.8 Å². The van der Waals surface area contributed by atoms with Gasteiger partial charge in [-0.3, -0.25) is 19.2 Å². The Morgan fingerprint density at radius 3 is 2.23 bits per heavy atom. The van der Waals surface area contributed by atoms with Gasteiger partial charge in [0.15, 0.2) is 0 Å². The van der Waals surface area contributed by atoms with Gasteiger partial charge in [-0.2, -0.15) is 0 Å². The lowest BCUT2D eigenvalue weighted by atomic mass is 10.1. The predicted octanol–water partition coefficient (Wildman–Crippen LogP) is -1.54. The maximum atomic E-state index is 11.6. The average molecular weight is 316 g/mol. The molecule has 0 aliphatic rings. The highest BCUT2D eigenvalue weighted by Crippen LogP contribution is 2.00. The fraction of sp³-hybridized carbons (Fsp3) is 0.692. The second-order valence-corrected chi connectivity index (χ2v) is 4.83. The third-order valence-corrected chi connectivity index (χ3v) is 2.87. The normalized spacial score (nSPS) is 11.5. The fourth-order valence-electron chi connectivity index (χ4n) is 1.69. The molecular weight excluding hydrogens is 292 g/mol. The third kappa shape index (κ3) is 10.6. The number of amides is 3. The van der Waals surface area contributed by atoms with Gasteiger partial charge in [-0.25, -0.2) is 0 Å². The van der Waals surface area contributed by atoms with E-state index in [1.807, 2.05) is 0 Å². The molecule has 0 heterocycles. The molecule has 0 radical (unpaired) electrons. The number of nitrogens with two attached hydrogens (primary N) is 2. The van der Waals surface area contributed by atoms with E-state index in [4.69, 9.17) is 16.6 Å². The number of carboxylic acid groups (broad SMARTS) is 1. The van der Waals surface area contributed by atoms with E-state index in [0.29, 0.717) is 19.4 Å². The first-order valence-corrected chi connectivity index (χ1v) is 7.14. The lowest BCUT2D eigenvalue weighted by molar-refractivity contribution is -0.137. The maximum Gasteiger partial charge on any atom is 0.303 e. The molecule has 0 unspecified atom stereocenters. The van der Waals surface area contributed by atoms with Gasteiger partial charge in [-0.05, 0) is 32.2 Å². The number of carboxylic acids is 1. The molecule has 9 nitrogen and oxygen atoms in total. The topological polar surface area (TPSA) is 165 Å². The van der Waals surface area contributed by atoms with E-state index in [9.17, 15) is 19.2 Å². The van der Waals surface area contributed by atoms with Crippen LogP contribution in [0.15, 0.2) is 0 Å². The molecule has 0 aromatic carbocycles. The molecule has 0 bridgehead atoms. The van der Waals surface area contributed by atoms with Crippen LogP contribution in [-0.4, -0.2) is 47.9 Å². The van der Waals surface area contributed by atoms with Crippen LogP contribution < -0.4 is 22.1 Å². The number of unbranched alkanes of at least 4 members (excludes halogenated alkanes) is 1. The minimum Gasteiger partial charge on any atom is -0.481 e. The largest absolute Gasteiger partial charge is 0.481 e. The number of carbonyl (C=O) groups excluding carboxylic acids is 3. The van der Waals surface area contributed by atoms with E-state index in [2.05, 4.69) is 10.6 Å². The Hall–Kier alpha value is -2.16. The van der Waals surface area contributed by atoms with Crippen LogP contribution in [0.3, 0.4) is 0 Å². The van der Waals surface area contributed by atoms with Crippen LogP contribution in [0.4, 0.5) is 0 Å². The molecule has 126 valence electrons. The number of aliphatic carboxylic acids is 1. The van der Waals surface area contributed by atoms with Crippen LogP contribution in [0, 0.1) is 0 Å². The zero-order chi connectivity index (χ0) is 17.0. The lowest BCUT2D eigenvalue weighted by Crippen LogP contribution is -2.47. The zero-order valence-corrected chi connectivity index (χ0v) is 12.5. The van der Waals surface area contributed by atoms with Gasteiger partial charge in [-0.1, -0.05) is 0 Å². The molecule has 0 aromatic heterocycles. The quantitative estimate of drug-likeness (QED) is 0.274. The van der Waals surface area contributed by atoms with Crippen LogP contribution in [-0.2, 0) is 19.2 Å². The number of primary amides is 1. The molecule has 0 saturated heterocycles. The molecule has 0 aliphatic heterocycles. The molecule has 3 amide bonds. The van der Waals surface area contributed by atoms with Gasteiger partial charge in [0.05, 0.1) is 6.54 Å². The SMILES string of the molecule is NCCCC[C@H](NC(=O)CNC(=O)CCCC(=O)O)C(N)=O. The standard InChI is InChI=1S/C13H24N4O5/c14-7-2-1-4-9(13(15)22)17-11(19)8-16-10(18)5-3-6-12(20)21/h9H,1-8,14H2,(H2,15,22)(H,16,18)(H,17,19)(H,20,21)/t9-/m0/s1. The van der Waals surface area contributed by atoms with Crippen molar-refractivity contribution in [2.75, 3.05) is 13.1 Å². The van der Waals surface area contributed by atoms with Crippen molar-refractivity contribution >= 4 is 23.7 Å². The molecular formula is C13H24N4O5. The van der Waals surface area contributed by atoms with E-state index >= 15 is 0 Å². The van der Waals surface area contributed by atoms with Crippen LogP contribution in [0.5, 0.6) is 0 Å². The highest BCUT2D eigenvalue weighted by atomic mass is 16.4. The van der Waals surface area contributed by atoms with Gasteiger partial charge in [0, 0.05) is 12.8 Å². The van der Waals surface area contributed by atoms with Gasteiger partial charge in [-0.15, -0.1) is 0 Å². The fourth-order valence-corrected chi connectivity index (χ4v) is 1.69. The summed E-state index contributed by atoms with van der Waals surface area (Å²) in [4.78, 5) is 44.5. The number of nitrogens with one attached hydrogen (secondary N) is 2. The van der Waals surface area contributed by atoms with E-state index in [1.165, 1.54) is 0 Å². The average Bonchev–Trinajstić information content (AvgIpc) is 2.43. The minimum atomic E-state index is -0.979. The van der Waals surface area contributed by atoms with Crippen LogP contribution in [0.2, 0.25) is 0 Å². The zero-order valence-electron chi connectivity index (χ0n) is 12.5. The minimum absolute atomic E-state index is 0.0231. The number of hydrogen-bond donors (Lipinski definition) is 5. The third-order valence-electron chi connectivity index (χ3n) is 2.87. The monoisotopic (exact) mass is 316 g/mol. The summed E-state index contributed by atoms with van der Waals surface area (Å²) in [5.74, 6) is -2.57. The summed E-state index contributed by atoms with van der Waals surface area (Å²) in [7, 11) is 0.